The number of nitrogens with zero attached hydrogens (tertiary/aromatic N) is 1. The molecule has 0 bridgehead atoms. The molecule has 2 aromatic carbocycles. The minimum absolute atomic E-state index is 0.156. The fraction of sp³-hybridized carbons (Fsp3) is 0.464. The van der Waals surface area contributed by atoms with Crippen molar-refractivity contribution in [2.45, 2.75) is 72.1 Å². The first-order chi connectivity index (χ1) is 14.1. The minimum atomic E-state index is -0.517. The Bertz CT molecular complexity index is 798. The van der Waals surface area contributed by atoms with Crippen LogP contribution in [0.5, 0.6) is 0 Å². The van der Waals surface area contributed by atoms with Crippen molar-refractivity contribution in [1.82, 2.24) is 0 Å². The van der Waals surface area contributed by atoms with Crippen LogP contribution in [0.1, 0.15) is 72.4 Å². The van der Waals surface area contributed by atoms with Gasteiger partial charge in [-0.15, -0.1) is 0 Å². The summed E-state index contributed by atoms with van der Waals surface area (Å²) in [4.78, 5) is 0. The van der Waals surface area contributed by atoms with Crippen LogP contribution in [0.2, 0.25) is 0 Å². The number of allylic oxidation sites excluding steroid dienone is 2. The molecular formula is C28H38NP. The van der Waals surface area contributed by atoms with E-state index in [0.29, 0.717) is 12.3 Å². The highest BCUT2D eigenvalue weighted by atomic mass is 31.1. The summed E-state index contributed by atoms with van der Waals surface area (Å²) in [6.45, 7) is 15.7. The molecule has 0 radical (unpaired) electrons. The molecule has 2 aromatic rings. The highest BCUT2D eigenvalue weighted by molar-refractivity contribution is 7.73. The first kappa shape index (κ1) is 24.4. The first-order valence-electron chi connectivity index (χ1n) is 11.1. The van der Waals surface area contributed by atoms with Crippen LogP contribution in [0, 0.1) is 17.2 Å². The molecule has 0 aromatic heterocycles. The molecule has 0 saturated heterocycles. The van der Waals surface area contributed by atoms with Gasteiger partial charge >= 0.3 is 0 Å². The number of hydrogen-bond donors (Lipinski definition) is 0. The van der Waals surface area contributed by atoms with Gasteiger partial charge in [0.05, 0.1) is 6.07 Å². The predicted molar refractivity (Wildman–Crippen MR) is 134 cm³/mol. The van der Waals surface area contributed by atoms with Crippen molar-refractivity contribution in [3.8, 4) is 6.07 Å². The lowest BCUT2D eigenvalue weighted by molar-refractivity contribution is 0.590. The van der Waals surface area contributed by atoms with Gasteiger partial charge in [0.15, 0.2) is 0 Å². The number of rotatable bonds is 7. The molecule has 0 fully saturated rings. The van der Waals surface area contributed by atoms with Crippen molar-refractivity contribution in [3.63, 3.8) is 0 Å². The molecule has 1 atom stereocenters. The Hall–Kier alpha value is -1.90. The van der Waals surface area contributed by atoms with Crippen LogP contribution < -0.4 is 10.6 Å². The van der Waals surface area contributed by atoms with Crippen molar-refractivity contribution in [1.29, 1.82) is 5.26 Å². The topological polar surface area (TPSA) is 23.8 Å². The third-order valence-corrected chi connectivity index (χ3v) is 8.18. The lowest BCUT2D eigenvalue weighted by Crippen LogP contribution is -2.20. The second kappa shape index (κ2) is 10.4. The standard InChI is InChI=1S/C28H38NP/c1-8-9-10-22(19-20-29)21-30(25-15-11-23(12-16-25)27(2,3)4)26-17-13-24(14-18-26)28(5,6)7/h9-18,22H,8,19,21H2,1-7H3. The lowest BCUT2D eigenvalue weighted by Gasteiger charge is -2.25. The Morgan fingerprint density at radius 1 is 0.833 bits per heavy atom. The van der Waals surface area contributed by atoms with E-state index in [4.69, 9.17) is 0 Å². The summed E-state index contributed by atoms with van der Waals surface area (Å²) in [5.41, 5.74) is 3.04. The summed E-state index contributed by atoms with van der Waals surface area (Å²) in [6, 6.07) is 20.8. The van der Waals surface area contributed by atoms with E-state index in [0.717, 1.165) is 12.6 Å². The molecule has 0 aliphatic carbocycles. The SMILES string of the molecule is CCC=CC(CC#N)CP(c1ccc(C(C)(C)C)cc1)c1ccc(C(C)(C)C)cc1. The average Bonchev–Trinajstić information content (AvgIpc) is 2.69. The first-order valence-corrected chi connectivity index (χ1v) is 12.6. The second-order valence-corrected chi connectivity index (χ2v) is 12.4. The quantitative estimate of drug-likeness (QED) is 0.343. The summed E-state index contributed by atoms with van der Waals surface area (Å²) in [5.74, 6) is 0.297. The number of nitriles is 1. The van der Waals surface area contributed by atoms with E-state index in [1.165, 1.54) is 21.7 Å². The lowest BCUT2D eigenvalue weighted by atomic mass is 9.87. The Labute approximate surface area is 186 Å². The van der Waals surface area contributed by atoms with Gasteiger partial charge in [-0.2, -0.15) is 5.26 Å². The molecule has 30 heavy (non-hydrogen) atoms. The second-order valence-electron chi connectivity index (χ2n) is 10.2. The molecule has 0 heterocycles. The molecule has 0 aliphatic heterocycles. The van der Waals surface area contributed by atoms with E-state index in [1.807, 2.05) is 0 Å². The van der Waals surface area contributed by atoms with Gasteiger partial charge in [0.25, 0.3) is 0 Å². The summed E-state index contributed by atoms with van der Waals surface area (Å²) in [7, 11) is -0.517. The van der Waals surface area contributed by atoms with E-state index in [1.54, 1.807) is 0 Å². The zero-order chi connectivity index (χ0) is 22.4. The zero-order valence-electron chi connectivity index (χ0n) is 19.9. The van der Waals surface area contributed by atoms with Crippen LogP contribution in [-0.4, -0.2) is 6.16 Å². The Morgan fingerprint density at radius 3 is 1.60 bits per heavy atom. The van der Waals surface area contributed by atoms with Gasteiger partial charge in [-0.25, -0.2) is 0 Å². The fourth-order valence-electron chi connectivity index (χ4n) is 3.52. The maximum Gasteiger partial charge on any atom is 0.0628 e. The van der Waals surface area contributed by atoms with Gasteiger partial charge in [0.2, 0.25) is 0 Å². The molecule has 2 heteroatoms. The Kier molecular flexibility index (Phi) is 8.46. The Morgan fingerprint density at radius 2 is 1.27 bits per heavy atom. The van der Waals surface area contributed by atoms with Crippen LogP contribution in [0.3, 0.4) is 0 Å². The van der Waals surface area contributed by atoms with E-state index < -0.39 is 7.92 Å². The van der Waals surface area contributed by atoms with Gasteiger partial charge < -0.3 is 0 Å². The third kappa shape index (κ3) is 6.82. The molecule has 0 N–H and O–H groups in total. The summed E-state index contributed by atoms with van der Waals surface area (Å²) >= 11 is 0. The van der Waals surface area contributed by atoms with Gasteiger partial charge in [0, 0.05) is 6.42 Å². The minimum Gasteiger partial charge on any atom is -0.198 e. The van der Waals surface area contributed by atoms with E-state index in [-0.39, 0.29) is 10.8 Å². The molecule has 0 amide bonds. The fourth-order valence-corrected chi connectivity index (χ4v) is 5.97. The molecule has 0 aliphatic rings. The van der Waals surface area contributed by atoms with E-state index >= 15 is 0 Å². The third-order valence-electron chi connectivity index (χ3n) is 5.50. The van der Waals surface area contributed by atoms with Gasteiger partial charge in [-0.3, -0.25) is 0 Å². The maximum absolute atomic E-state index is 9.37. The molecule has 0 saturated carbocycles. The molecule has 0 spiro atoms. The molecule has 2 rings (SSSR count). The Balaban J connectivity index is 2.44. The van der Waals surface area contributed by atoms with Gasteiger partial charge in [0.1, 0.15) is 0 Å². The van der Waals surface area contributed by atoms with Gasteiger partial charge in [-0.05, 0) is 59.0 Å². The molecular weight excluding hydrogens is 381 g/mol. The van der Waals surface area contributed by atoms with Gasteiger partial charge in [-0.1, -0.05) is 109 Å². The highest BCUT2D eigenvalue weighted by Gasteiger charge is 2.21. The van der Waals surface area contributed by atoms with Crippen LogP contribution in [-0.2, 0) is 10.8 Å². The average molecular weight is 420 g/mol. The predicted octanol–water partition coefficient (Wildman–Crippen LogP) is 7.21. The van der Waals surface area contributed by atoms with Crippen LogP contribution in [0.4, 0.5) is 0 Å². The smallest absolute Gasteiger partial charge is 0.0628 e. The van der Waals surface area contributed by atoms with Crippen molar-refractivity contribution < 1.29 is 0 Å². The number of hydrogen-bond acceptors (Lipinski definition) is 1. The largest absolute Gasteiger partial charge is 0.198 e. The van der Waals surface area contributed by atoms with E-state index in [2.05, 4.69) is 115 Å². The summed E-state index contributed by atoms with van der Waals surface area (Å²) in [5, 5.41) is 12.2. The van der Waals surface area contributed by atoms with Crippen molar-refractivity contribution >= 4 is 18.5 Å². The van der Waals surface area contributed by atoms with Crippen LogP contribution >= 0.6 is 7.92 Å². The van der Waals surface area contributed by atoms with Crippen LogP contribution in [0.15, 0.2) is 60.7 Å². The van der Waals surface area contributed by atoms with Crippen molar-refractivity contribution in [2.75, 3.05) is 6.16 Å². The zero-order valence-corrected chi connectivity index (χ0v) is 20.8. The summed E-state index contributed by atoms with van der Waals surface area (Å²) < 4.78 is 0. The normalized spacial score (nSPS) is 13.6. The molecule has 160 valence electrons. The van der Waals surface area contributed by atoms with Crippen molar-refractivity contribution in [3.05, 3.63) is 71.8 Å². The molecule has 1 nitrogen and oxygen atoms in total. The van der Waals surface area contributed by atoms with Crippen LogP contribution in [0.25, 0.3) is 0 Å². The maximum atomic E-state index is 9.37. The molecule has 1 unspecified atom stereocenters. The highest BCUT2D eigenvalue weighted by Crippen LogP contribution is 2.38. The monoisotopic (exact) mass is 419 g/mol. The van der Waals surface area contributed by atoms with Crippen molar-refractivity contribution in [2.24, 2.45) is 5.92 Å². The summed E-state index contributed by atoms with van der Waals surface area (Å²) in [6.07, 6.45) is 7.07. The number of benzene rings is 2. The van der Waals surface area contributed by atoms with E-state index in [9.17, 15) is 5.26 Å².